The fourth-order valence-corrected chi connectivity index (χ4v) is 12.3. The van der Waals surface area contributed by atoms with E-state index in [0.29, 0.717) is 44.4 Å². The second-order valence-electron chi connectivity index (χ2n) is 17.6. The predicted octanol–water partition coefficient (Wildman–Crippen LogP) is 2.62. The highest BCUT2D eigenvalue weighted by molar-refractivity contribution is 5.81. The molecule has 4 saturated carbocycles. The fourth-order valence-electron chi connectivity index (χ4n) is 12.3. The summed E-state index contributed by atoms with van der Waals surface area (Å²) >= 11 is 0. The Morgan fingerprint density at radius 1 is 0.854 bits per heavy atom. The van der Waals surface area contributed by atoms with Crippen molar-refractivity contribution in [2.75, 3.05) is 20.3 Å². The molecule has 0 amide bonds. The van der Waals surface area contributed by atoms with Crippen molar-refractivity contribution in [3.8, 4) is 0 Å². The molecule has 1 heterocycles. The first-order valence-corrected chi connectivity index (χ1v) is 18.0. The summed E-state index contributed by atoms with van der Waals surface area (Å²) in [5.74, 6) is -0.785. The minimum Gasteiger partial charge on any atom is -0.469 e. The molecular weight excluding hydrogens is 620 g/mol. The van der Waals surface area contributed by atoms with Gasteiger partial charge in [0.15, 0.2) is 0 Å². The highest BCUT2D eigenvalue weighted by Crippen LogP contribution is 2.76. The van der Waals surface area contributed by atoms with Gasteiger partial charge in [0.2, 0.25) is 6.29 Å². The van der Waals surface area contributed by atoms with E-state index in [1.807, 2.05) is 13.8 Å². The third-order valence-corrected chi connectivity index (χ3v) is 15.7. The Balaban J connectivity index is 1.39. The van der Waals surface area contributed by atoms with Crippen LogP contribution < -0.4 is 0 Å². The lowest BCUT2D eigenvalue weighted by Crippen LogP contribution is -2.66. The Labute approximate surface area is 284 Å². The lowest BCUT2D eigenvalue weighted by molar-refractivity contribution is -0.297. The van der Waals surface area contributed by atoms with Gasteiger partial charge in [-0.25, -0.2) is 0 Å². The molecule has 11 heteroatoms. The molecule has 272 valence electrons. The quantitative estimate of drug-likeness (QED) is 0.186. The molecule has 6 N–H and O–H groups in total. The fraction of sp³-hybridized carbons (Fsp3) is 0.892. The summed E-state index contributed by atoms with van der Waals surface area (Å²) in [6.45, 7) is 10.3. The van der Waals surface area contributed by atoms with Gasteiger partial charge in [0, 0.05) is 5.41 Å². The molecule has 0 radical (unpaired) electrons. The molecule has 1 aliphatic heterocycles. The van der Waals surface area contributed by atoms with Gasteiger partial charge in [-0.1, -0.05) is 39.3 Å². The van der Waals surface area contributed by atoms with E-state index in [9.17, 15) is 40.2 Å². The van der Waals surface area contributed by atoms with Crippen molar-refractivity contribution >= 4 is 11.9 Å². The first-order valence-electron chi connectivity index (χ1n) is 18.0. The number of esters is 2. The Morgan fingerprint density at radius 3 is 2.19 bits per heavy atom. The smallest absolute Gasteiger partial charge is 0.315 e. The van der Waals surface area contributed by atoms with Gasteiger partial charge in [-0.05, 0) is 105 Å². The molecule has 0 aromatic heterocycles. The molecule has 1 saturated heterocycles. The second-order valence-corrected chi connectivity index (χ2v) is 17.6. The normalized spacial score (nSPS) is 53.2. The van der Waals surface area contributed by atoms with Crippen LogP contribution in [0.25, 0.3) is 0 Å². The molecule has 5 aliphatic carbocycles. The van der Waals surface area contributed by atoms with Gasteiger partial charge in [-0.2, -0.15) is 0 Å². The number of carbonyl (C=O) groups is 2. The number of hydrogen-bond donors (Lipinski definition) is 6. The van der Waals surface area contributed by atoms with Gasteiger partial charge in [0.1, 0.15) is 24.4 Å². The van der Waals surface area contributed by atoms with Crippen LogP contribution in [0.2, 0.25) is 0 Å². The van der Waals surface area contributed by atoms with Crippen LogP contribution in [-0.4, -0.2) is 99.7 Å². The number of aliphatic hydroxyl groups is 6. The number of methoxy groups -OCH3 is 1. The SMILES string of the molecule is COC(=O)[C@@]1(C)CC[C@]2(C(=O)O[C@@H]3O[C@H](CO)[C@@H](O)[C@H](O)[C@H]3O)CC[C@]3(C)C(=CC[C@@H]4[C@@]5(C)CC[C@H](O)[C@@](C)(CO)[C@@H]5CC[C@]43C)[C@@H]2C1. The molecule has 5 fully saturated rings. The van der Waals surface area contributed by atoms with Gasteiger partial charge >= 0.3 is 11.9 Å². The highest BCUT2D eigenvalue weighted by atomic mass is 16.7. The minimum atomic E-state index is -1.71. The number of rotatable bonds is 5. The van der Waals surface area contributed by atoms with Gasteiger partial charge in [-0.15, -0.1) is 0 Å². The van der Waals surface area contributed by atoms with E-state index >= 15 is 0 Å². The van der Waals surface area contributed by atoms with E-state index in [1.54, 1.807) is 0 Å². The van der Waals surface area contributed by atoms with Crippen LogP contribution in [0, 0.1) is 50.2 Å². The molecule has 0 aromatic carbocycles. The van der Waals surface area contributed by atoms with Crippen LogP contribution in [0.1, 0.15) is 98.8 Å². The molecule has 6 rings (SSSR count). The minimum absolute atomic E-state index is 0.0521. The van der Waals surface area contributed by atoms with E-state index in [2.05, 4.69) is 26.8 Å². The van der Waals surface area contributed by atoms with Gasteiger partial charge in [-0.3, -0.25) is 9.59 Å². The summed E-state index contributed by atoms with van der Waals surface area (Å²) < 4.78 is 16.8. The van der Waals surface area contributed by atoms with Crippen molar-refractivity contribution in [2.45, 2.75) is 136 Å². The number of carbonyl (C=O) groups excluding carboxylic acids is 2. The summed E-state index contributed by atoms with van der Waals surface area (Å²) in [6, 6.07) is 0. The topological polar surface area (TPSA) is 183 Å². The predicted molar refractivity (Wildman–Crippen MR) is 173 cm³/mol. The second kappa shape index (κ2) is 12.0. The zero-order valence-electron chi connectivity index (χ0n) is 29.5. The third-order valence-electron chi connectivity index (χ3n) is 15.7. The Kier molecular flexibility index (Phi) is 9.04. The number of aliphatic hydroxyl groups excluding tert-OH is 6. The average Bonchev–Trinajstić information content (AvgIpc) is 3.06. The van der Waals surface area contributed by atoms with E-state index in [1.165, 1.54) is 7.11 Å². The lowest BCUT2D eigenvalue weighted by Gasteiger charge is -2.71. The number of fused-ring (bicyclic) bond motifs is 7. The lowest BCUT2D eigenvalue weighted by atomic mass is 9.33. The van der Waals surface area contributed by atoms with Crippen molar-refractivity contribution in [3.63, 3.8) is 0 Å². The van der Waals surface area contributed by atoms with Crippen LogP contribution in [0.3, 0.4) is 0 Å². The Hall–Kier alpha value is -1.60. The molecule has 48 heavy (non-hydrogen) atoms. The number of allylic oxidation sites excluding steroid dienone is 2. The van der Waals surface area contributed by atoms with E-state index < -0.39 is 65.6 Å². The summed E-state index contributed by atoms with van der Waals surface area (Å²) in [4.78, 5) is 27.8. The summed E-state index contributed by atoms with van der Waals surface area (Å²) in [5.41, 5.74) is -1.80. The van der Waals surface area contributed by atoms with Crippen LogP contribution in [0.4, 0.5) is 0 Å². The monoisotopic (exact) mass is 678 g/mol. The molecule has 15 atom stereocenters. The molecule has 6 aliphatic rings. The van der Waals surface area contributed by atoms with Crippen LogP contribution in [0.15, 0.2) is 11.6 Å². The maximum atomic E-state index is 14.5. The standard InChI is InChI=1S/C37H58O11/c1-32(30(44)46-6)13-15-37(31(45)48-29-28(43)27(42)26(41)22(18-38)47-29)16-14-35(4)20(21(37)17-32)7-8-24-33(2)11-10-25(40)34(3,19-39)23(33)9-12-36(24,35)5/h7,21-29,38-43H,8-19H2,1-6H3/t21-,22+,23+,24+,25-,26+,27-,28+,29-,32-,33-,34-,35+,36+,37-/m0/s1. The molecule has 0 spiro atoms. The first kappa shape index (κ1) is 36.2. The molecule has 0 aromatic rings. The van der Waals surface area contributed by atoms with Crippen molar-refractivity contribution in [2.24, 2.45) is 50.2 Å². The zero-order chi connectivity index (χ0) is 35.2. The Morgan fingerprint density at radius 2 is 1.54 bits per heavy atom. The maximum Gasteiger partial charge on any atom is 0.315 e. The highest BCUT2D eigenvalue weighted by Gasteiger charge is 2.70. The van der Waals surface area contributed by atoms with Gasteiger partial charge in [0.05, 0.1) is 37.3 Å². The van der Waals surface area contributed by atoms with E-state index in [4.69, 9.17) is 14.2 Å². The largest absolute Gasteiger partial charge is 0.469 e. The summed E-state index contributed by atoms with van der Waals surface area (Å²) in [5, 5.41) is 62.8. The summed E-state index contributed by atoms with van der Waals surface area (Å²) in [7, 11) is 1.39. The maximum absolute atomic E-state index is 14.5. The third kappa shape index (κ3) is 4.77. The number of ether oxygens (including phenoxy) is 3. The summed E-state index contributed by atoms with van der Waals surface area (Å²) in [6.07, 6.45) is 0.524. The molecule has 0 unspecified atom stereocenters. The van der Waals surface area contributed by atoms with E-state index in [-0.39, 0.29) is 40.7 Å². The molecule has 0 bridgehead atoms. The van der Waals surface area contributed by atoms with Crippen molar-refractivity contribution in [3.05, 3.63) is 11.6 Å². The van der Waals surface area contributed by atoms with Crippen LogP contribution >= 0.6 is 0 Å². The molecule has 11 nitrogen and oxygen atoms in total. The average molecular weight is 679 g/mol. The van der Waals surface area contributed by atoms with Gasteiger partial charge in [0.25, 0.3) is 0 Å². The first-order chi connectivity index (χ1) is 22.4. The van der Waals surface area contributed by atoms with Crippen LogP contribution in [-0.2, 0) is 23.8 Å². The zero-order valence-corrected chi connectivity index (χ0v) is 29.5. The Bertz CT molecular complexity index is 1320. The van der Waals surface area contributed by atoms with E-state index in [0.717, 1.165) is 31.3 Å². The van der Waals surface area contributed by atoms with Crippen LogP contribution in [0.5, 0.6) is 0 Å². The van der Waals surface area contributed by atoms with Gasteiger partial charge < -0.3 is 44.8 Å². The molecular formula is C37H58O11. The van der Waals surface area contributed by atoms with Crippen molar-refractivity contribution in [1.82, 2.24) is 0 Å². The van der Waals surface area contributed by atoms with Crippen molar-refractivity contribution in [1.29, 1.82) is 0 Å². The number of hydrogen-bond acceptors (Lipinski definition) is 11. The van der Waals surface area contributed by atoms with Crippen molar-refractivity contribution < 1.29 is 54.4 Å².